The lowest BCUT2D eigenvalue weighted by Gasteiger charge is -2.54. The van der Waals surface area contributed by atoms with Crippen LogP contribution in [0.5, 0.6) is 11.5 Å². The molecule has 2 N–H and O–H groups in total. The van der Waals surface area contributed by atoms with Gasteiger partial charge in [-0.1, -0.05) is 32.4 Å². The fourth-order valence-electron chi connectivity index (χ4n) is 5.45. The van der Waals surface area contributed by atoms with Crippen LogP contribution in [-0.2, 0) is 4.74 Å². The van der Waals surface area contributed by atoms with Crippen molar-refractivity contribution in [2.75, 3.05) is 19.7 Å². The number of nitrogens with one attached hydrogen (secondary N) is 1. The second-order valence-electron chi connectivity index (χ2n) is 9.69. The SMILES string of the molecule is CC(C)CCC[C@]1(C)Oc2c(O)cccc2[C@H]2OCC3(CCNCC3)C[C@@H]21. The number of rotatable bonds is 4. The molecule has 3 heterocycles. The topological polar surface area (TPSA) is 50.7 Å². The van der Waals surface area contributed by atoms with Crippen LogP contribution < -0.4 is 10.1 Å². The van der Waals surface area contributed by atoms with Gasteiger partial charge in [-0.05, 0) is 69.5 Å². The fourth-order valence-corrected chi connectivity index (χ4v) is 5.45. The van der Waals surface area contributed by atoms with Gasteiger partial charge in [0.1, 0.15) is 5.60 Å². The molecule has 3 aliphatic rings. The molecule has 0 bridgehead atoms. The predicted octanol–water partition coefficient (Wildman–Crippen LogP) is 4.82. The Morgan fingerprint density at radius 2 is 2.04 bits per heavy atom. The predicted molar refractivity (Wildman–Crippen MR) is 107 cm³/mol. The van der Waals surface area contributed by atoms with Gasteiger partial charge in [-0.25, -0.2) is 0 Å². The maximum absolute atomic E-state index is 10.4. The fraction of sp³-hybridized carbons (Fsp3) is 0.739. The van der Waals surface area contributed by atoms with Crippen molar-refractivity contribution in [3.8, 4) is 11.5 Å². The van der Waals surface area contributed by atoms with Crippen molar-refractivity contribution in [3.05, 3.63) is 23.8 Å². The number of hydrogen-bond donors (Lipinski definition) is 2. The molecule has 0 aliphatic carbocycles. The molecule has 0 radical (unpaired) electrons. The van der Waals surface area contributed by atoms with E-state index in [-0.39, 0.29) is 22.9 Å². The van der Waals surface area contributed by atoms with Crippen molar-refractivity contribution in [2.24, 2.45) is 17.3 Å². The highest BCUT2D eigenvalue weighted by Gasteiger charge is 2.54. The molecule has 150 valence electrons. The van der Waals surface area contributed by atoms with Crippen LogP contribution in [0.3, 0.4) is 0 Å². The minimum absolute atomic E-state index is 0.0328. The van der Waals surface area contributed by atoms with E-state index in [1.54, 1.807) is 6.07 Å². The van der Waals surface area contributed by atoms with Crippen LogP contribution >= 0.6 is 0 Å². The Kier molecular flexibility index (Phi) is 5.15. The van der Waals surface area contributed by atoms with Gasteiger partial charge in [-0.15, -0.1) is 0 Å². The standard InChI is InChI=1S/C23H35NO3/c1-16(2)6-5-9-22(3)18-14-23(10-12-24-13-11-23)15-26-20(18)17-7-4-8-19(25)21(17)27-22/h4,7-8,16,18,20,24-25H,5-6,9-15H2,1-3H3/t18-,20+,22-/m0/s1. The van der Waals surface area contributed by atoms with E-state index in [2.05, 4.69) is 32.2 Å². The highest BCUT2D eigenvalue weighted by Crippen LogP contribution is 2.57. The number of phenols is 1. The van der Waals surface area contributed by atoms with Gasteiger partial charge in [-0.3, -0.25) is 0 Å². The molecule has 0 saturated carbocycles. The molecule has 0 amide bonds. The molecule has 4 nitrogen and oxygen atoms in total. The molecule has 2 saturated heterocycles. The van der Waals surface area contributed by atoms with E-state index in [1.807, 2.05) is 6.07 Å². The first-order chi connectivity index (χ1) is 12.9. The minimum atomic E-state index is -0.288. The van der Waals surface area contributed by atoms with E-state index in [1.165, 1.54) is 19.3 Å². The quantitative estimate of drug-likeness (QED) is 0.795. The van der Waals surface area contributed by atoms with Crippen molar-refractivity contribution < 1.29 is 14.6 Å². The number of ether oxygens (including phenoxy) is 2. The summed E-state index contributed by atoms with van der Waals surface area (Å²) in [4.78, 5) is 0. The van der Waals surface area contributed by atoms with Gasteiger partial charge < -0.3 is 19.9 Å². The number of aromatic hydroxyl groups is 1. The number of benzene rings is 1. The summed E-state index contributed by atoms with van der Waals surface area (Å²) in [6.07, 6.45) is 6.93. The zero-order valence-electron chi connectivity index (χ0n) is 17.1. The van der Waals surface area contributed by atoms with Crippen LogP contribution in [0.15, 0.2) is 18.2 Å². The molecule has 0 aromatic heterocycles. The summed E-state index contributed by atoms with van der Waals surface area (Å²) in [6.45, 7) is 9.81. The Balaban J connectivity index is 1.65. The zero-order valence-corrected chi connectivity index (χ0v) is 17.1. The van der Waals surface area contributed by atoms with Gasteiger partial charge >= 0.3 is 0 Å². The van der Waals surface area contributed by atoms with E-state index in [0.717, 1.165) is 44.5 Å². The van der Waals surface area contributed by atoms with Crippen molar-refractivity contribution in [1.29, 1.82) is 0 Å². The third-order valence-corrected chi connectivity index (χ3v) is 7.16. The molecule has 27 heavy (non-hydrogen) atoms. The van der Waals surface area contributed by atoms with Crippen LogP contribution in [0, 0.1) is 17.3 Å². The van der Waals surface area contributed by atoms with Crippen molar-refractivity contribution >= 4 is 0 Å². The van der Waals surface area contributed by atoms with Crippen LogP contribution in [0.25, 0.3) is 0 Å². The third kappa shape index (κ3) is 3.58. The molecule has 0 unspecified atom stereocenters. The van der Waals surface area contributed by atoms with E-state index >= 15 is 0 Å². The monoisotopic (exact) mass is 373 g/mol. The van der Waals surface area contributed by atoms with E-state index in [4.69, 9.17) is 9.47 Å². The first kappa shape index (κ1) is 19.1. The van der Waals surface area contributed by atoms with Gasteiger partial charge in [0, 0.05) is 11.5 Å². The summed E-state index contributed by atoms with van der Waals surface area (Å²) < 4.78 is 13.2. The first-order valence-corrected chi connectivity index (χ1v) is 10.8. The highest BCUT2D eigenvalue weighted by atomic mass is 16.5. The van der Waals surface area contributed by atoms with E-state index in [9.17, 15) is 5.11 Å². The van der Waals surface area contributed by atoms with Crippen LogP contribution in [0.2, 0.25) is 0 Å². The average molecular weight is 374 g/mol. The maximum atomic E-state index is 10.4. The normalized spacial score (nSPS) is 32.0. The Hall–Kier alpha value is -1.26. The maximum Gasteiger partial charge on any atom is 0.167 e. The Bertz CT molecular complexity index is 668. The Morgan fingerprint density at radius 3 is 2.78 bits per heavy atom. The minimum Gasteiger partial charge on any atom is -0.504 e. The Morgan fingerprint density at radius 1 is 1.26 bits per heavy atom. The van der Waals surface area contributed by atoms with E-state index in [0.29, 0.717) is 17.6 Å². The summed E-state index contributed by atoms with van der Waals surface area (Å²) in [5.41, 5.74) is 1.03. The summed E-state index contributed by atoms with van der Waals surface area (Å²) >= 11 is 0. The molecule has 3 aliphatic heterocycles. The molecule has 4 rings (SSSR count). The number of piperidine rings is 1. The van der Waals surface area contributed by atoms with Crippen LogP contribution in [0.1, 0.15) is 71.0 Å². The molecule has 3 atom stereocenters. The molecule has 1 spiro atoms. The summed E-state index contributed by atoms with van der Waals surface area (Å²) in [5.74, 6) is 1.93. The smallest absolute Gasteiger partial charge is 0.167 e. The number of para-hydroxylation sites is 1. The summed E-state index contributed by atoms with van der Waals surface area (Å²) in [6, 6.07) is 5.71. The third-order valence-electron chi connectivity index (χ3n) is 7.16. The summed E-state index contributed by atoms with van der Waals surface area (Å²) in [7, 11) is 0. The zero-order chi connectivity index (χ0) is 19.1. The number of fused-ring (bicyclic) bond motifs is 3. The number of hydrogen-bond acceptors (Lipinski definition) is 4. The molecule has 2 fully saturated rings. The van der Waals surface area contributed by atoms with Gasteiger partial charge in [0.05, 0.1) is 12.7 Å². The van der Waals surface area contributed by atoms with Gasteiger partial charge in [0.25, 0.3) is 0 Å². The molecule has 1 aromatic rings. The molecular weight excluding hydrogens is 338 g/mol. The van der Waals surface area contributed by atoms with Crippen molar-refractivity contribution in [3.63, 3.8) is 0 Å². The van der Waals surface area contributed by atoms with Crippen LogP contribution in [-0.4, -0.2) is 30.4 Å². The lowest BCUT2D eigenvalue weighted by Crippen LogP contribution is -2.55. The molecular formula is C23H35NO3. The lowest BCUT2D eigenvalue weighted by atomic mass is 9.63. The van der Waals surface area contributed by atoms with E-state index < -0.39 is 0 Å². The largest absolute Gasteiger partial charge is 0.504 e. The second-order valence-corrected chi connectivity index (χ2v) is 9.69. The second kappa shape index (κ2) is 7.29. The van der Waals surface area contributed by atoms with Crippen molar-refractivity contribution in [2.45, 2.75) is 71.0 Å². The molecule has 4 heteroatoms. The number of phenolic OH excluding ortho intramolecular Hbond substituents is 1. The average Bonchev–Trinajstić information content (AvgIpc) is 2.64. The van der Waals surface area contributed by atoms with Crippen molar-refractivity contribution in [1.82, 2.24) is 5.32 Å². The van der Waals surface area contributed by atoms with Gasteiger partial charge in [0.15, 0.2) is 11.5 Å². The van der Waals surface area contributed by atoms with Gasteiger partial charge in [-0.2, -0.15) is 0 Å². The van der Waals surface area contributed by atoms with Gasteiger partial charge in [0.2, 0.25) is 0 Å². The first-order valence-electron chi connectivity index (χ1n) is 10.8. The highest BCUT2D eigenvalue weighted by molar-refractivity contribution is 5.49. The Labute approximate surface area is 163 Å². The lowest BCUT2D eigenvalue weighted by molar-refractivity contribution is -0.177. The van der Waals surface area contributed by atoms with Crippen LogP contribution in [0.4, 0.5) is 0 Å². The molecule has 1 aromatic carbocycles. The summed E-state index contributed by atoms with van der Waals surface area (Å²) in [5, 5.41) is 13.9.